The second-order valence-electron chi connectivity index (χ2n) is 3.34. The number of rotatable bonds is 2. The van der Waals surface area contributed by atoms with E-state index in [4.69, 9.17) is 5.21 Å². The van der Waals surface area contributed by atoms with E-state index in [1.54, 1.807) is 30.3 Å². The molecule has 0 unspecified atom stereocenters. The molecule has 0 radical (unpaired) electrons. The zero-order valence-electron chi connectivity index (χ0n) is 8.58. The molecule has 1 aromatic carbocycles. The van der Waals surface area contributed by atoms with Crippen LogP contribution in [0.25, 0.3) is 0 Å². The van der Waals surface area contributed by atoms with Crippen LogP contribution in [0.5, 0.6) is 0 Å². The van der Waals surface area contributed by atoms with Gasteiger partial charge in [0.15, 0.2) is 5.78 Å². The second kappa shape index (κ2) is 4.18. The lowest BCUT2D eigenvalue weighted by Crippen LogP contribution is -2.26. The van der Waals surface area contributed by atoms with Crippen LogP contribution in [0.2, 0.25) is 0 Å². The SMILES string of the molecule is O=C(C=C1NC(=O)N(O)C1=O)c1ccccc1. The van der Waals surface area contributed by atoms with Crippen LogP contribution in [0.4, 0.5) is 4.79 Å². The van der Waals surface area contributed by atoms with Gasteiger partial charge >= 0.3 is 11.9 Å². The van der Waals surface area contributed by atoms with Gasteiger partial charge in [-0.25, -0.2) is 4.79 Å². The predicted octanol–water partition coefficient (Wildman–Crippen LogP) is 0.694. The van der Waals surface area contributed by atoms with Gasteiger partial charge in [-0.15, -0.1) is 5.06 Å². The van der Waals surface area contributed by atoms with E-state index in [2.05, 4.69) is 5.32 Å². The third kappa shape index (κ3) is 2.06. The molecular formula is C11H8N2O4. The molecule has 0 bridgehead atoms. The third-order valence-corrected chi connectivity index (χ3v) is 2.19. The number of imide groups is 1. The topological polar surface area (TPSA) is 86.7 Å². The van der Waals surface area contributed by atoms with Gasteiger partial charge in [-0.05, 0) is 0 Å². The van der Waals surface area contributed by atoms with Crippen molar-refractivity contribution in [1.29, 1.82) is 0 Å². The summed E-state index contributed by atoms with van der Waals surface area (Å²) in [6.07, 6.45) is 0.978. The number of hydroxylamine groups is 2. The number of urea groups is 1. The van der Waals surface area contributed by atoms with Crippen LogP contribution >= 0.6 is 0 Å². The van der Waals surface area contributed by atoms with E-state index in [9.17, 15) is 14.4 Å². The van der Waals surface area contributed by atoms with Crippen LogP contribution in [0.3, 0.4) is 0 Å². The molecule has 6 heteroatoms. The number of nitrogens with one attached hydrogen (secondary N) is 1. The Balaban J connectivity index is 2.25. The molecule has 0 atom stereocenters. The van der Waals surface area contributed by atoms with E-state index in [1.807, 2.05) is 0 Å². The Morgan fingerprint density at radius 3 is 2.41 bits per heavy atom. The second-order valence-corrected chi connectivity index (χ2v) is 3.34. The van der Waals surface area contributed by atoms with Crippen LogP contribution in [0, 0.1) is 0 Å². The summed E-state index contributed by atoms with van der Waals surface area (Å²) in [4.78, 5) is 33.8. The fraction of sp³-hybridized carbons (Fsp3) is 0. The van der Waals surface area contributed by atoms with Crippen molar-refractivity contribution in [1.82, 2.24) is 10.4 Å². The van der Waals surface area contributed by atoms with E-state index < -0.39 is 17.7 Å². The van der Waals surface area contributed by atoms with Crippen molar-refractivity contribution in [2.24, 2.45) is 0 Å². The van der Waals surface area contributed by atoms with Gasteiger partial charge in [0.2, 0.25) is 0 Å². The first-order valence-corrected chi connectivity index (χ1v) is 4.75. The van der Waals surface area contributed by atoms with Gasteiger partial charge in [-0.3, -0.25) is 14.8 Å². The summed E-state index contributed by atoms with van der Waals surface area (Å²) >= 11 is 0. The van der Waals surface area contributed by atoms with Gasteiger partial charge in [0, 0.05) is 11.6 Å². The minimum atomic E-state index is -0.970. The number of amides is 3. The highest BCUT2D eigenvalue weighted by Gasteiger charge is 2.33. The number of hydrogen-bond donors (Lipinski definition) is 2. The highest BCUT2D eigenvalue weighted by atomic mass is 16.5. The van der Waals surface area contributed by atoms with Crippen LogP contribution in [0.1, 0.15) is 10.4 Å². The molecular weight excluding hydrogens is 224 g/mol. The Morgan fingerprint density at radius 2 is 1.88 bits per heavy atom. The van der Waals surface area contributed by atoms with Crippen molar-refractivity contribution in [3.63, 3.8) is 0 Å². The largest absolute Gasteiger partial charge is 0.353 e. The number of ketones is 1. The number of hydrogen-bond acceptors (Lipinski definition) is 4. The first kappa shape index (κ1) is 11.0. The molecule has 6 nitrogen and oxygen atoms in total. The predicted molar refractivity (Wildman–Crippen MR) is 56.0 cm³/mol. The summed E-state index contributed by atoms with van der Waals surface area (Å²) in [5.41, 5.74) is 0.143. The molecule has 0 saturated carbocycles. The first-order chi connectivity index (χ1) is 8.09. The van der Waals surface area contributed by atoms with Crippen LogP contribution in [0.15, 0.2) is 42.1 Å². The minimum Gasteiger partial charge on any atom is -0.301 e. The van der Waals surface area contributed by atoms with Crippen molar-refractivity contribution in [2.75, 3.05) is 0 Å². The lowest BCUT2D eigenvalue weighted by Gasteiger charge is -1.97. The smallest absolute Gasteiger partial charge is 0.301 e. The Labute approximate surface area is 96.1 Å². The van der Waals surface area contributed by atoms with Crippen molar-refractivity contribution < 1.29 is 19.6 Å². The summed E-state index contributed by atoms with van der Waals surface area (Å²) in [5.74, 6) is -1.37. The monoisotopic (exact) mass is 232 g/mol. The van der Waals surface area contributed by atoms with Gasteiger partial charge in [0.05, 0.1) is 0 Å². The van der Waals surface area contributed by atoms with Gasteiger partial charge in [0.1, 0.15) is 5.70 Å². The molecule has 0 aliphatic carbocycles. The number of carbonyl (C=O) groups excluding carboxylic acids is 3. The van der Waals surface area contributed by atoms with Gasteiger partial charge in [0.25, 0.3) is 0 Å². The molecule has 1 saturated heterocycles. The average molecular weight is 232 g/mol. The molecule has 1 heterocycles. The van der Waals surface area contributed by atoms with Gasteiger partial charge in [-0.2, -0.15) is 0 Å². The highest BCUT2D eigenvalue weighted by Crippen LogP contribution is 2.09. The van der Waals surface area contributed by atoms with Crippen molar-refractivity contribution in [3.8, 4) is 0 Å². The van der Waals surface area contributed by atoms with Crippen molar-refractivity contribution in [3.05, 3.63) is 47.7 Å². The number of nitrogens with zero attached hydrogens (tertiary/aromatic N) is 1. The van der Waals surface area contributed by atoms with Crippen molar-refractivity contribution >= 4 is 17.7 Å². The van der Waals surface area contributed by atoms with Crippen molar-refractivity contribution in [2.45, 2.75) is 0 Å². The van der Waals surface area contributed by atoms with Crippen LogP contribution in [-0.4, -0.2) is 28.0 Å². The lowest BCUT2D eigenvalue weighted by atomic mass is 10.1. The standard InChI is InChI=1S/C11H8N2O4/c14-9(7-4-2-1-3-5-7)6-8-10(15)13(17)11(16)12-8/h1-6,17H,(H,12,16). The molecule has 86 valence electrons. The Morgan fingerprint density at radius 1 is 1.24 bits per heavy atom. The minimum absolute atomic E-state index is 0.0793. The Kier molecular flexibility index (Phi) is 2.71. The summed E-state index contributed by atoms with van der Waals surface area (Å²) in [7, 11) is 0. The van der Waals surface area contributed by atoms with E-state index in [1.165, 1.54) is 0 Å². The number of benzene rings is 1. The quantitative estimate of drug-likeness (QED) is 0.340. The molecule has 1 aliphatic heterocycles. The molecule has 1 fully saturated rings. The molecule has 1 aliphatic rings. The molecule has 2 rings (SSSR count). The molecule has 0 spiro atoms. The van der Waals surface area contributed by atoms with Crippen LogP contribution in [-0.2, 0) is 4.79 Å². The maximum Gasteiger partial charge on any atom is 0.353 e. The zero-order chi connectivity index (χ0) is 12.4. The maximum absolute atomic E-state index is 11.7. The Bertz CT molecular complexity index is 522. The molecule has 17 heavy (non-hydrogen) atoms. The maximum atomic E-state index is 11.7. The zero-order valence-corrected chi connectivity index (χ0v) is 8.58. The normalized spacial score (nSPS) is 17.5. The summed E-state index contributed by atoms with van der Waals surface area (Å²) in [6.45, 7) is 0. The third-order valence-electron chi connectivity index (χ3n) is 2.19. The van der Waals surface area contributed by atoms with E-state index >= 15 is 0 Å². The average Bonchev–Trinajstić information content (AvgIpc) is 2.58. The first-order valence-electron chi connectivity index (χ1n) is 4.75. The molecule has 3 amide bonds. The molecule has 1 aromatic rings. The fourth-order valence-electron chi connectivity index (χ4n) is 1.34. The van der Waals surface area contributed by atoms with Crippen LogP contribution < -0.4 is 5.32 Å². The van der Waals surface area contributed by atoms with E-state index in [0.29, 0.717) is 5.56 Å². The Hall–Kier alpha value is -2.47. The van der Waals surface area contributed by atoms with Gasteiger partial charge in [-0.1, -0.05) is 30.3 Å². The van der Waals surface area contributed by atoms with E-state index in [0.717, 1.165) is 6.08 Å². The van der Waals surface area contributed by atoms with E-state index in [-0.39, 0.29) is 10.8 Å². The molecule has 0 aromatic heterocycles. The summed E-state index contributed by atoms with van der Waals surface area (Å²) in [5, 5.41) is 10.9. The number of allylic oxidation sites excluding steroid dienone is 1. The lowest BCUT2D eigenvalue weighted by molar-refractivity contribution is -0.144. The highest BCUT2D eigenvalue weighted by molar-refractivity contribution is 6.15. The molecule has 2 N–H and O–H groups in total. The fourth-order valence-corrected chi connectivity index (χ4v) is 1.34. The van der Waals surface area contributed by atoms with Gasteiger partial charge < -0.3 is 5.32 Å². The number of carbonyl (C=O) groups is 3. The summed E-state index contributed by atoms with van der Waals surface area (Å²) in [6, 6.07) is 7.30. The summed E-state index contributed by atoms with van der Waals surface area (Å²) < 4.78 is 0.